The zero-order valence-electron chi connectivity index (χ0n) is 12.4. The van der Waals surface area contributed by atoms with Crippen LogP contribution in [0, 0.1) is 5.82 Å². The van der Waals surface area contributed by atoms with Crippen LogP contribution in [-0.2, 0) is 14.3 Å². The zero-order chi connectivity index (χ0) is 17.4. The molecule has 3 rings (SSSR count). The maximum atomic E-state index is 13.7. The Morgan fingerprint density at radius 2 is 2.21 bits per heavy atom. The summed E-state index contributed by atoms with van der Waals surface area (Å²) in [5.74, 6) is -2.37. The van der Waals surface area contributed by atoms with Crippen molar-refractivity contribution in [2.75, 3.05) is 6.54 Å². The third-order valence-corrected chi connectivity index (χ3v) is 3.82. The number of esters is 1. The Labute approximate surface area is 140 Å². The van der Waals surface area contributed by atoms with Gasteiger partial charge in [0, 0.05) is 10.4 Å². The number of hydrogen-bond donors (Lipinski definition) is 2. The summed E-state index contributed by atoms with van der Waals surface area (Å²) in [5, 5.41) is 5.09. The van der Waals surface area contributed by atoms with E-state index < -0.39 is 29.8 Å². The molecule has 1 aromatic heterocycles. The van der Waals surface area contributed by atoms with Crippen LogP contribution in [0.25, 0.3) is 11.0 Å². The maximum Gasteiger partial charge on any atom is 0.342 e. The second kappa shape index (κ2) is 6.12. The Balaban J connectivity index is 1.82. The van der Waals surface area contributed by atoms with Crippen molar-refractivity contribution in [1.29, 1.82) is 0 Å². The number of carbonyl (C=O) groups excluding carboxylic acids is 3. The largest absolute Gasteiger partial charge is 0.460 e. The van der Waals surface area contributed by atoms with Crippen LogP contribution in [-0.4, -0.2) is 36.5 Å². The Kier molecular flexibility index (Phi) is 4.15. The minimum atomic E-state index is -1.01. The van der Waals surface area contributed by atoms with E-state index >= 15 is 0 Å². The van der Waals surface area contributed by atoms with Gasteiger partial charge in [0.15, 0.2) is 11.4 Å². The van der Waals surface area contributed by atoms with Crippen LogP contribution < -0.4 is 10.6 Å². The molecule has 1 aromatic carbocycles. The van der Waals surface area contributed by atoms with Gasteiger partial charge in [0.25, 0.3) is 0 Å². The van der Waals surface area contributed by atoms with Gasteiger partial charge in [0.1, 0.15) is 24.0 Å². The monoisotopic (exact) mass is 354 g/mol. The predicted octanol–water partition coefficient (Wildman–Crippen LogP) is 1.39. The van der Waals surface area contributed by atoms with Crippen molar-refractivity contribution in [2.24, 2.45) is 0 Å². The lowest BCUT2D eigenvalue weighted by Crippen LogP contribution is -2.60. The lowest BCUT2D eigenvalue weighted by molar-refractivity contribution is -0.136. The van der Waals surface area contributed by atoms with Crippen LogP contribution >= 0.6 is 11.6 Å². The molecule has 2 heterocycles. The lowest BCUT2D eigenvalue weighted by Gasteiger charge is -2.27. The van der Waals surface area contributed by atoms with Crippen LogP contribution in [0.1, 0.15) is 17.3 Å². The van der Waals surface area contributed by atoms with E-state index in [2.05, 4.69) is 10.6 Å². The van der Waals surface area contributed by atoms with Crippen molar-refractivity contribution in [3.05, 3.63) is 34.8 Å². The van der Waals surface area contributed by atoms with Gasteiger partial charge in [-0.15, -0.1) is 0 Å². The molecule has 126 valence electrons. The molecule has 0 saturated carbocycles. The fourth-order valence-electron chi connectivity index (χ4n) is 2.42. The van der Waals surface area contributed by atoms with E-state index in [9.17, 15) is 18.8 Å². The molecule has 1 saturated heterocycles. The first-order valence-electron chi connectivity index (χ1n) is 7.01. The summed E-state index contributed by atoms with van der Waals surface area (Å²) in [6, 6.07) is 1.43. The van der Waals surface area contributed by atoms with E-state index in [1.807, 2.05) is 0 Å². The Hall–Kier alpha value is -2.61. The summed E-state index contributed by atoms with van der Waals surface area (Å²) in [5.41, 5.74) is -0.150. The number of ether oxygens (including phenoxy) is 1. The highest BCUT2D eigenvalue weighted by molar-refractivity contribution is 6.31. The first-order chi connectivity index (χ1) is 11.4. The molecule has 2 aromatic rings. The molecular weight excluding hydrogens is 343 g/mol. The molecule has 0 radical (unpaired) electrons. The van der Waals surface area contributed by atoms with Crippen molar-refractivity contribution in [3.8, 4) is 0 Å². The predicted molar refractivity (Wildman–Crippen MR) is 81.0 cm³/mol. The first kappa shape index (κ1) is 16.3. The third-order valence-electron chi connectivity index (χ3n) is 3.60. The van der Waals surface area contributed by atoms with Gasteiger partial charge >= 0.3 is 5.97 Å². The number of amides is 2. The van der Waals surface area contributed by atoms with E-state index in [1.54, 1.807) is 0 Å². The summed E-state index contributed by atoms with van der Waals surface area (Å²) >= 11 is 5.79. The van der Waals surface area contributed by atoms with Gasteiger partial charge in [-0.2, -0.15) is 0 Å². The summed E-state index contributed by atoms with van der Waals surface area (Å²) < 4.78 is 24.0. The highest BCUT2D eigenvalue weighted by atomic mass is 35.5. The number of benzene rings is 1. The number of rotatable bonds is 3. The van der Waals surface area contributed by atoms with E-state index in [-0.39, 0.29) is 34.0 Å². The first-order valence-corrected chi connectivity index (χ1v) is 7.39. The molecule has 1 fully saturated rings. The number of carbonyl (C=O) groups is 3. The lowest BCUT2D eigenvalue weighted by atomic mass is 10.1. The highest BCUT2D eigenvalue weighted by Gasteiger charge is 2.33. The quantitative estimate of drug-likeness (QED) is 0.812. The Morgan fingerprint density at radius 3 is 2.96 bits per heavy atom. The molecule has 7 nitrogen and oxygen atoms in total. The van der Waals surface area contributed by atoms with Gasteiger partial charge in [-0.1, -0.05) is 11.6 Å². The summed E-state index contributed by atoms with van der Waals surface area (Å²) in [6.45, 7) is 1.34. The van der Waals surface area contributed by atoms with Crippen molar-refractivity contribution >= 4 is 40.4 Å². The molecule has 2 unspecified atom stereocenters. The second-order valence-electron chi connectivity index (χ2n) is 5.29. The van der Waals surface area contributed by atoms with E-state index in [0.717, 1.165) is 12.3 Å². The Morgan fingerprint density at radius 1 is 1.46 bits per heavy atom. The third kappa shape index (κ3) is 2.92. The number of halogens is 2. The average Bonchev–Trinajstić information content (AvgIpc) is 2.93. The van der Waals surface area contributed by atoms with E-state index in [0.29, 0.717) is 0 Å². The van der Waals surface area contributed by atoms with E-state index in [1.165, 1.54) is 13.0 Å². The van der Waals surface area contributed by atoms with Gasteiger partial charge in [-0.3, -0.25) is 9.59 Å². The molecule has 1 aliphatic rings. The van der Waals surface area contributed by atoms with E-state index in [4.69, 9.17) is 20.8 Å². The van der Waals surface area contributed by atoms with Crippen LogP contribution in [0.15, 0.2) is 22.8 Å². The highest BCUT2D eigenvalue weighted by Crippen LogP contribution is 2.28. The smallest absolute Gasteiger partial charge is 0.342 e. The fourth-order valence-corrected chi connectivity index (χ4v) is 2.62. The molecule has 0 bridgehead atoms. The van der Waals surface area contributed by atoms with Crippen LogP contribution in [0.3, 0.4) is 0 Å². The molecule has 0 spiro atoms. The molecule has 2 N–H and O–H groups in total. The van der Waals surface area contributed by atoms with Gasteiger partial charge in [0.2, 0.25) is 11.8 Å². The summed E-state index contributed by atoms with van der Waals surface area (Å²) in [4.78, 5) is 35.4. The van der Waals surface area contributed by atoms with Crippen LogP contribution in [0.4, 0.5) is 4.39 Å². The maximum absolute atomic E-state index is 13.7. The zero-order valence-corrected chi connectivity index (χ0v) is 13.1. The minimum absolute atomic E-state index is 0.0270. The topological polar surface area (TPSA) is 97.6 Å². The Bertz CT molecular complexity index is 850. The number of fused-ring (bicyclic) bond motifs is 1. The molecule has 24 heavy (non-hydrogen) atoms. The van der Waals surface area contributed by atoms with Gasteiger partial charge in [0.05, 0.1) is 6.54 Å². The SMILES string of the molecule is CC(OC(=O)c1coc2c(F)cc(Cl)cc12)C1NC(=O)CNC1=O. The minimum Gasteiger partial charge on any atom is -0.460 e. The number of furan rings is 1. The van der Waals surface area contributed by atoms with Gasteiger partial charge in [-0.05, 0) is 19.1 Å². The van der Waals surface area contributed by atoms with Gasteiger partial charge < -0.3 is 19.8 Å². The van der Waals surface area contributed by atoms with Crippen LogP contribution in [0.2, 0.25) is 5.02 Å². The molecule has 1 aliphatic heterocycles. The van der Waals surface area contributed by atoms with Crippen molar-refractivity contribution < 1.29 is 27.9 Å². The molecule has 0 aliphatic carbocycles. The summed E-state index contributed by atoms with van der Waals surface area (Å²) in [7, 11) is 0. The van der Waals surface area contributed by atoms with Crippen molar-refractivity contribution in [1.82, 2.24) is 10.6 Å². The molecule has 9 heteroatoms. The number of piperazine rings is 1. The fraction of sp³-hybridized carbons (Fsp3) is 0.267. The molecule has 2 amide bonds. The normalized spacial score (nSPS) is 18.9. The number of hydrogen-bond acceptors (Lipinski definition) is 5. The number of nitrogens with one attached hydrogen (secondary N) is 2. The summed E-state index contributed by atoms with van der Waals surface area (Å²) in [6.07, 6.45) is 0.120. The molecule has 2 atom stereocenters. The average molecular weight is 355 g/mol. The van der Waals surface area contributed by atoms with Crippen LogP contribution in [0.5, 0.6) is 0 Å². The van der Waals surface area contributed by atoms with Crippen molar-refractivity contribution in [3.63, 3.8) is 0 Å². The molecular formula is C15H12ClFN2O5. The standard InChI is InChI=1S/C15H12ClFN2O5/c1-6(12-14(21)18-4-11(20)19-12)24-15(22)9-5-23-13-8(9)2-7(16)3-10(13)17/h2-3,5-6,12H,4H2,1H3,(H,18,21)(H,19,20). The second-order valence-corrected chi connectivity index (χ2v) is 5.72. The van der Waals surface area contributed by atoms with Crippen molar-refractivity contribution in [2.45, 2.75) is 19.1 Å². The van der Waals surface area contributed by atoms with Gasteiger partial charge in [-0.25, -0.2) is 9.18 Å².